The van der Waals surface area contributed by atoms with Crippen molar-refractivity contribution in [2.75, 3.05) is 6.61 Å². The number of hydrogen-bond acceptors (Lipinski definition) is 8. The first-order chi connectivity index (χ1) is 14.5. The Morgan fingerprint density at radius 1 is 1.23 bits per heavy atom. The molecule has 5 N–H and O–H groups in total. The first kappa shape index (κ1) is 25.9. The standard InChI is InChI=1S/C22H36O9/c1-4-5-6-7-15(30-21-16(24)8-14(23)12-29-21)9-18-19(20(26)27)17(25)11-22(28,31-18)10-13(2)3/h4-7,13-19,21,23-25,28H,8-12H2,1-3H3,(H,26,27)/b5-4+,7-6+/t14-,15?,16+,17-,18-,19+,21?,22?/m0/s1. The molecule has 0 bridgehead atoms. The van der Waals surface area contributed by atoms with Gasteiger partial charge in [0, 0.05) is 25.7 Å². The Morgan fingerprint density at radius 2 is 1.94 bits per heavy atom. The van der Waals surface area contributed by atoms with Gasteiger partial charge in [0.15, 0.2) is 12.1 Å². The predicted octanol–water partition coefficient (Wildman–Crippen LogP) is 0.947. The van der Waals surface area contributed by atoms with Crippen molar-refractivity contribution in [3.05, 3.63) is 24.3 Å². The number of rotatable bonds is 9. The molecule has 2 saturated heterocycles. The minimum atomic E-state index is -1.65. The van der Waals surface area contributed by atoms with Crippen LogP contribution in [0.5, 0.6) is 0 Å². The van der Waals surface area contributed by atoms with Crippen LogP contribution in [0.3, 0.4) is 0 Å². The third-order valence-corrected chi connectivity index (χ3v) is 5.41. The van der Waals surface area contributed by atoms with Gasteiger partial charge >= 0.3 is 5.97 Å². The zero-order valence-corrected chi connectivity index (χ0v) is 18.3. The van der Waals surface area contributed by atoms with Crippen LogP contribution in [0.4, 0.5) is 0 Å². The Morgan fingerprint density at radius 3 is 2.52 bits per heavy atom. The van der Waals surface area contributed by atoms with Crippen LogP contribution in [0.1, 0.15) is 46.5 Å². The van der Waals surface area contributed by atoms with Gasteiger partial charge in [-0.25, -0.2) is 0 Å². The number of ether oxygens (including phenoxy) is 3. The Labute approximate surface area is 182 Å². The molecule has 178 valence electrons. The van der Waals surface area contributed by atoms with Crippen LogP contribution in [0.25, 0.3) is 0 Å². The number of aliphatic hydroxyl groups is 4. The van der Waals surface area contributed by atoms with Crippen molar-refractivity contribution in [1.82, 2.24) is 0 Å². The summed E-state index contributed by atoms with van der Waals surface area (Å²) in [4.78, 5) is 11.8. The Bertz CT molecular complexity index is 634. The number of carboxylic acid groups (broad SMARTS) is 1. The van der Waals surface area contributed by atoms with E-state index in [2.05, 4.69) is 0 Å². The highest BCUT2D eigenvalue weighted by Gasteiger charge is 2.49. The number of aliphatic hydroxyl groups excluding tert-OH is 3. The first-order valence-corrected chi connectivity index (χ1v) is 10.8. The summed E-state index contributed by atoms with van der Waals surface area (Å²) in [5, 5.41) is 50.8. The van der Waals surface area contributed by atoms with Gasteiger partial charge in [0.1, 0.15) is 12.0 Å². The largest absolute Gasteiger partial charge is 0.481 e. The maximum absolute atomic E-state index is 11.8. The summed E-state index contributed by atoms with van der Waals surface area (Å²) in [5.74, 6) is -4.05. The normalized spacial score (nSPS) is 38.2. The number of allylic oxidation sites excluding steroid dienone is 3. The smallest absolute Gasteiger partial charge is 0.311 e. The van der Waals surface area contributed by atoms with E-state index in [1.165, 1.54) is 0 Å². The van der Waals surface area contributed by atoms with Crippen LogP contribution in [0.2, 0.25) is 0 Å². The van der Waals surface area contributed by atoms with Crippen molar-refractivity contribution in [2.45, 2.75) is 89.1 Å². The molecule has 0 radical (unpaired) electrons. The average molecular weight is 445 g/mol. The minimum absolute atomic E-state index is 0.0115. The van der Waals surface area contributed by atoms with Crippen LogP contribution in [-0.4, -0.2) is 80.7 Å². The van der Waals surface area contributed by atoms with E-state index < -0.39 is 54.5 Å². The molecule has 0 amide bonds. The van der Waals surface area contributed by atoms with Crippen LogP contribution in [-0.2, 0) is 19.0 Å². The lowest BCUT2D eigenvalue weighted by Gasteiger charge is -2.44. The molecule has 2 fully saturated rings. The van der Waals surface area contributed by atoms with Gasteiger partial charge in [-0.05, 0) is 12.8 Å². The summed E-state index contributed by atoms with van der Waals surface area (Å²) in [5.41, 5.74) is 0. The Kier molecular flexibility index (Phi) is 9.63. The molecule has 9 nitrogen and oxygen atoms in total. The molecule has 8 atom stereocenters. The summed E-state index contributed by atoms with van der Waals surface area (Å²) >= 11 is 0. The minimum Gasteiger partial charge on any atom is -0.481 e. The van der Waals surface area contributed by atoms with Gasteiger partial charge in [-0.3, -0.25) is 4.79 Å². The molecule has 0 spiro atoms. The molecule has 0 aromatic rings. The fourth-order valence-electron chi connectivity index (χ4n) is 4.18. The first-order valence-electron chi connectivity index (χ1n) is 10.8. The van der Waals surface area contributed by atoms with E-state index in [9.17, 15) is 30.3 Å². The van der Waals surface area contributed by atoms with Crippen LogP contribution < -0.4 is 0 Å². The second kappa shape index (κ2) is 11.5. The van der Waals surface area contributed by atoms with Gasteiger partial charge < -0.3 is 39.7 Å². The van der Waals surface area contributed by atoms with Crippen molar-refractivity contribution in [1.29, 1.82) is 0 Å². The number of hydrogen-bond donors (Lipinski definition) is 5. The molecule has 3 unspecified atom stereocenters. The van der Waals surface area contributed by atoms with Crippen LogP contribution >= 0.6 is 0 Å². The topological polar surface area (TPSA) is 146 Å². The van der Waals surface area contributed by atoms with E-state index in [4.69, 9.17) is 14.2 Å². The van der Waals surface area contributed by atoms with Crippen LogP contribution in [0, 0.1) is 11.8 Å². The fraction of sp³-hybridized carbons (Fsp3) is 0.773. The molecule has 0 aromatic heterocycles. The van der Waals surface area contributed by atoms with Gasteiger partial charge in [0.25, 0.3) is 0 Å². The number of aliphatic carboxylic acids is 1. The Hall–Kier alpha value is -1.33. The maximum Gasteiger partial charge on any atom is 0.311 e. The van der Waals surface area contributed by atoms with Crippen molar-refractivity contribution in [2.24, 2.45) is 11.8 Å². The predicted molar refractivity (Wildman–Crippen MR) is 111 cm³/mol. The number of carbonyl (C=O) groups is 1. The van der Waals surface area contributed by atoms with Gasteiger partial charge in [0.05, 0.1) is 31.0 Å². The molecule has 2 aliphatic rings. The zero-order chi connectivity index (χ0) is 23.2. The van der Waals surface area contributed by atoms with Gasteiger partial charge in [0.2, 0.25) is 0 Å². The molecule has 0 saturated carbocycles. The van der Waals surface area contributed by atoms with E-state index in [1.54, 1.807) is 24.3 Å². The molecule has 0 aromatic carbocycles. The summed E-state index contributed by atoms with van der Waals surface area (Å²) in [7, 11) is 0. The fourth-order valence-corrected chi connectivity index (χ4v) is 4.18. The Balaban J connectivity index is 2.22. The highest BCUT2D eigenvalue weighted by atomic mass is 16.7. The van der Waals surface area contributed by atoms with Gasteiger partial charge in [-0.15, -0.1) is 0 Å². The third-order valence-electron chi connectivity index (χ3n) is 5.41. The lowest BCUT2D eigenvalue weighted by molar-refractivity contribution is -0.302. The lowest BCUT2D eigenvalue weighted by atomic mass is 9.82. The van der Waals surface area contributed by atoms with Crippen molar-refractivity contribution in [3.8, 4) is 0 Å². The summed E-state index contributed by atoms with van der Waals surface area (Å²) in [6.45, 7) is 5.64. The molecule has 0 aliphatic carbocycles. The zero-order valence-electron chi connectivity index (χ0n) is 18.3. The van der Waals surface area contributed by atoms with Crippen molar-refractivity contribution >= 4 is 5.97 Å². The second-order valence-electron chi connectivity index (χ2n) is 8.82. The van der Waals surface area contributed by atoms with E-state index in [-0.39, 0.29) is 38.2 Å². The molecular weight excluding hydrogens is 408 g/mol. The SMILES string of the molecule is C/C=C/C=C/C(C[C@@H]1OC(O)(CC(C)C)C[C@H](O)[C@H]1C(=O)O)OC1OC[C@@H](O)C[C@H]1O. The third kappa shape index (κ3) is 7.64. The molecule has 31 heavy (non-hydrogen) atoms. The van der Waals surface area contributed by atoms with E-state index >= 15 is 0 Å². The average Bonchev–Trinajstić information content (AvgIpc) is 2.62. The van der Waals surface area contributed by atoms with Crippen molar-refractivity contribution < 1.29 is 44.5 Å². The molecular formula is C22H36O9. The highest BCUT2D eigenvalue weighted by molar-refractivity contribution is 5.71. The molecule has 9 heteroatoms. The van der Waals surface area contributed by atoms with E-state index in [0.717, 1.165) is 0 Å². The van der Waals surface area contributed by atoms with Crippen molar-refractivity contribution in [3.63, 3.8) is 0 Å². The maximum atomic E-state index is 11.8. The highest BCUT2D eigenvalue weighted by Crippen LogP contribution is 2.38. The summed E-state index contributed by atoms with van der Waals surface area (Å²) in [6, 6.07) is 0. The summed E-state index contributed by atoms with van der Waals surface area (Å²) < 4.78 is 17.1. The monoisotopic (exact) mass is 444 g/mol. The van der Waals surface area contributed by atoms with Crippen LogP contribution in [0.15, 0.2) is 24.3 Å². The second-order valence-corrected chi connectivity index (χ2v) is 8.82. The lowest BCUT2D eigenvalue weighted by Crippen LogP contribution is -2.55. The molecule has 2 rings (SSSR count). The van der Waals surface area contributed by atoms with E-state index in [1.807, 2.05) is 20.8 Å². The quantitative estimate of drug-likeness (QED) is 0.328. The van der Waals surface area contributed by atoms with Gasteiger partial charge in [-0.1, -0.05) is 38.2 Å². The molecule has 2 aliphatic heterocycles. The van der Waals surface area contributed by atoms with E-state index in [0.29, 0.717) is 0 Å². The summed E-state index contributed by atoms with van der Waals surface area (Å²) in [6.07, 6.45) is 1.23. The van der Waals surface area contributed by atoms with Gasteiger partial charge in [-0.2, -0.15) is 0 Å². The molecule has 2 heterocycles. The number of carboxylic acids is 1.